The summed E-state index contributed by atoms with van der Waals surface area (Å²) in [7, 11) is 0. The molecule has 0 unspecified atom stereocenters. The maximum Gasteiger partial charge on any atom is 0.0998 e. The maximum absolute atomic E-state index is 9.16. The lowest BCUT2D eigenvalue weighted by molar-refractivity contribution is 1.52. The monoisotopic (exact) mass is 220 g/mol. The lowest BCUT2D eigenvalue weighted by Gasteiger charge is -2.00. The van der Waals surface area contributed by atoms with Crippen LogP contribution in [-0.2, 0) is 0 Å². The van der Waals surface area contributed by atoms with Crippen LogP contribution in [0, 0.1) is 11.3 Å². The second-order valence-electron chi connectivity index (χ2n) is 3.71. The van der Waals surface area contributed by atoms with E-state index >= 15 is 0 Å². The molecule has 17 heavy (non-hydrogen) atoms. The first-order valence-corrected chi connectivity index (χ1v) is 5.32. The summed E-state index contributed by atoms with van der Waals surface area (Å²) in [6.45, 7) is 0. The van der Waals surface area contributed by atoms with E-state index in [1.165, 1.54) is 0 Å². The fourth-order valence-corrected chi connectivity index (χ4v) is 1.61. The van der Waals surface area contributed by atoms with Gasteiger partial charge in [0, 0.05) is 5.69 Å². The average molecular weight is 220 g/mol. The van der Waals surface area contributed by atoms with Crippen LogP contribution in [0.15, 0.2) is 54.6 Å². The Bertz CT molecular complexity index is 577. The van der Waals surface area contributed by atoms with Gasteiger partial charge in [-0.25, -0.2) is 0 Å². The largest absolute Gasteiger partial charge is 0.399 e. The van der Waals surface area contributed by atoms with E-state index in [-0.39, 0.29) is 0 Å². The fraction of sp³-hybridized carbons (Fsp3) is 0. The first-order valence-electron chi connectivity index (χ1n) is 5.32. The Morgan fingerprint density at radius 3 is 2.47 bits per heavy atom. The quantitative estimate of drug-likeness (QED) is 0.479. The molecule has 2 nitrogen and oxygen atoms in total. The Hall–Kier alpha value is -2.53. The van der Waals surface area contributed by atoms with Gasteiger partial charge >= 0.3 is 0 Å². The third-order valence-electron chi connectivity index (χ3n) is 2.43. The van der Waals surface area contributed by atoms with Gasteiger partial charge in [0.15, 0.2) is 0 Å². The lowest BCUT2D eigenvalue weighted by atomic mass is 10.0. The minimum absolute atomic E-state index is 0.635. The van der Waals surface area contributed by atoms with Gasteiger partial charge < -0.3 is 5.73 Å². The van der Waals surface area contributed by atoms with Gasteiger partial charge in [0.05, 0.1) is 11.6 Å². The van der Waals surface area contributed by atoms with Crippen LogP contribution in [0.3, 0.4) is 0 Å². The molecular formula is C15H12N2. The number of hydrogen-bond donors (Lipinski definition) is 1. The van der Waals surface area contributed by atoms with Crippen molar-refractivity contribution in [2.75, 3.05) is 5.73 Å². The summed E-state index contributed by atoms with van der Waals surface area (Å²) in [5.74, 6) is 0. The Balaban J connectivity index is 2.41. The Morgan fingerprint density at radius 1 is 1.06 bits per heavy atom. The fourth-order valence-electron chi connectivity index (χ4n) is 1.61. The molecule has 2 heteroatoms. The van der Waals surface area contributed by atoms with E-state index in [0.717, 1.165) is 11.1 Å². The summed E-state index contributed by atoms with van der Waals surface area (Å²) in [5.41, 5.74) is 8.89. The molecule has 0 atom stereocenters. The SMILES string of the molecule is N#C/C(=C/c1cccc(N)c1)c1ccccc1. The highest BCUT2D eigenvalue weighted by Gasteiger charge is 1.99. The maximum atomic E-state index is 9.16. The number of nitrogens with zero attached hydrogens (tertiary/aromatic N) is 1. The normalized spacial score (nSPS) is 10.9. The molecule has 0 amide bonds. The molecule has 0 fully saturated rings. The molecule has 82 valence electrons. The molecule has 0 saturated heterocycles. The van der Waals surface area contributed by atoms with E-state index < -0.39 is 0 Å². The van der Waals surface area contributed by atoms with Gasteiger partial charge in [-0.15, -0.1) is 0 Å². The van der Waals surface area contributed by atoms with Crippen LogP contribution in [0.1, 0.15) is 11.1 Å². The van der Waals surface area contributed by atoms with Crippen LogP contribution in [-0.4, -0.2) is 0 Å². The van der Waals surface area contributed by atoms with Gasteiger partial charge in [0.25, 0.3) is 0 Å². The second-order valence-corrected chi connectivity index (χ2v) is 3.71. The van der Waals surface area contributed by atoms with Crippen LogP contribution >= 0.6 is 0 Å². The highest BCUT2D eigenvalue weighted by molar-refractivity contribution is 5.89. The topological polar surface area (TPSA) is 49.8 Å². The van der Waals surface area contributed by atoms with E-state index in [1.54, 1.807) is 0 Å². The van der Waals surface area contributed by atoms with Crippen LogP contribution in [0.25, 0.3) is 11.6 Å². The summed E-state index contributed by atoms with van der Waals surface area (Å²) < 4.78 is 0. The zero-order valence-electron chi connectivity index (χ0n) is 9.30. The van der Waals surface area contributed by atoms with Crippen molar-refractivity contribution >= 4 is 17.3 Å². The van der Waals surface area contributed by atoms with Crippen molar-refractivity contribution < 1.29 is 0 Å². The van der Waals surface area contributed by atoms with Crippen LogP contribution in [0.4, 0.5) is 5.69 Å². The van der Waals surface area contributed by atoms with Gasteiger partial charge in [-0.05, 0) is 29.3 Å². The Kier molecular flexibility index (Phi) is 3.23. The zero-order valence-corrected chi connectivity index (χ0v) is 9.30. The molecule has 2 aromatic carbocycles. The van der Waals surface area contributed by atoms with Crippen molar-refractivity contribution in [1.29, 1.82) is 5.26 Å². The minimum Gasteiger partial charge on any atom is -0.399 e. The molecule has 0 aliphatic rings. The van der Waals surface area contributed by atoms with Gasteiger partial charge in [-0.3, -0.25) is 0 Å². The van der Waals surface area contributed by atoms with Crippen LogP contribution < -0.4 is 5.73 Å². The molecule has 0 saturated carbocycles. The van der Waals surface area contributed by atoms with Crippen molar-refractivity contribution in [3.63, 3.8) is 0 Å². The smallest absolute Gasteiger partial charge is 0.0998 e. The van der Waals surface area contributed by atoms with Crippen LogP contribution in [0.2, 0.25) is 0 Å². The molecule has 0 spiro atoms. The molecule has 2 rings (SSSR count). The second kappa shape index (κ2) is 5.00. The van der Waals surface area contributed by atoms with Crippen LogP contribution in [0.5, 0.6) is 0 Å². The number of nitrogen functional groups attached to an aromatic ring is 1. The highest BCUT2D eigenvalue weighted by atomic mass is 14.5. The van der Waals surface area contributed by atoms with Crippen molar-refractivity contribution in [3.05, 3.63) is 65.7 Å². The summed E-state index contributed by atoms with van der Waals surface area (Å²) in [4.78, 5) is 0. The van der Waals surface area contributed by atoms with E-state index in [1.807, 2.05) is 60.7 Å². The number of allylic oxidation sites excluding steroid dienone is 1. The number of nitrogens with two attached hydrogens (primary N) is 1. The molecule has 2 aromatic rings. The summed E-state index contributed by atoms with van der Waals surface area (Å²) in [6, 6.07) is 19.3. The first-order chi connectivity index (χ1) is 8.29. The molecule has 0 bridgehead atoms. The predicted octanol–water partition coefficient (Wildman–Crippen LogP) is 3.33. The lowest BCUT2D eigenvalue weighted by Crippen LogP contribution is -1.85. The summed E-state index contributed by atoms with van der Waals surface area (Å²) >= 11 is 0. The van der Waals surface area contributed by atoms with Gasteiger partial charge in [0.1, 0.15) is 0 Å². The molecule has 2 N–H and O–H groups in total. The molecular weight excluding hydrogens is 208 g/mol. The first kappa shape index (κ1) is 11.0. The van der Waals surface area contributed by atoms with E-state index in [9.17, 15) is 0 Å². The third-order valence-corrected chi connectivity index (χ3v) is 2.43. The molecule has 0 aliphatic carbocycles. The van der Waals surface area contributed by atoms with Crippen molar-refractivity contribution in [1.82, 2.24) is 0 Å². The molecule has 0 heterocycles. The number of benzene rings is 2. The minimum atomic E-state index is 0.635. The third kappa shape index (κ3) is 2.73. The highest BCUT2D eigenvalue weighted by Crippen LogP contribution is 2.18. The van der Waals surface area contributed by atoms with Gasteiger partial charge in [-0.1, -0.05) is 42.5 Å². The summed E-state index contributed by atoms with van der Waals surface area (Å²) in [6.07, 6.45) is 1.84. The Morgan fingerprint density at radius 2 is 1.82 bits per heavy atom. The van der Waals surface area contributed by atoms with Crippen molar-refractivity contribution in [3.8, 4) is 6.07 Å². The standard InChI is InChI=1S/C15H12N2/c16-11-14(13-6-2-1-3-7-13)9-12-5-4-8-15(17)10-12/h1-10H,17H2/b14-9-. The van der Waals surface area contributed by atoms with E-state index in [0.29, 0.717) is 11.3 Å². The molecule has 0 aliphatic heterocycles. The molecule has 0 radical (unpaired) electrons. The Labute approximate surface area is 101 Å². The van der Waals surface area contributed by atoms with Gasteiger partial charge in [-0.2, -0.15) is 5.26 Å². The molecule has 0 aromatic heterocycles. The predicted molar refractivity (Wildman–Crippen MR) is 70.8 cm³/mol. The number of rotatable bonds is 2. The van der Waals surface area contributed by atoms with E-state index in [4.69, 9.17) is 11.0 Å². The van der Waals surface area contributed by atoms with Crippen molar-refractivity contribution in [2.45, 2.75) is 0 Å². The summed E-state index contributed by atoms with van der Waals surface area (Å²) in [5, 5.41) is 9.16. The number of hydrogen-bond acceptors (Lipinski definition) is 2. The van der Waals surface area contributed by atoms with E-state index in [2.05, 4.69) is 6.07 Å². The average Bonchev–Trinajstić information content (AvgIpc) is 2.37. The zero-order chi connectivity index (χ0) is 12.1. The van der Waals surface area contributed by atoms with Crippen molar-refractivity contribution in [2.24, 2.45) is 0 Å². The van der Waals surface area contributed by atoms with Gasteiger partial charge in [0.2, 0.25) is 0 Å². The number of nitriles is 1. The number of anilines is 1.